The van der Waals surface area contributed by atoms with Gasteiger partial charge in [0.05, 0.1) is 0 Å². The van der Waals surface area contributed by atoms with E-state index in [0.29, 0.717) is 4.78 Å². The van der Waals surface area contributed by atoms with Crippen LogP contribution in [-0.4, -0.2) is 17.2 Å². The van der Waals surface area contributed by atoms with Crippen LogP contribution >= 0.6 is 11.3 Å². The third-order valence-corrected chi connectivity index (χ3v) is 3.67. The van der Waals surface area contributed by atoms with Gasteiger partial charge in [0.1, 0.15) is 0 Å². The summed E-state index contributed by atoms with van der Waals surface area (Å²) in [6.45, 7) is 3.71. The highest BCUT2D eigenvalue weighted by molar-refractivity contribution is 7.24. The number of hydrogen-bond donors (Lipinski definition) is 2. The van der Waals surface area contributed by atoms with Gasteiger partial charge < -0.3 is 10.0 Å². The normalized spacial score (nSPS) is 10.2. The zero-order valence-electron chi connectivity index (χ0n) is 9.34. The van der Waals surface area contributed by atoms with Crippen molar-refractivity contribution in [2.45, 2.75) is 6.42 Å². The second-order valence-electron chi connectivity index (χ2n) is 3.77. The summed E-state index contributed by atoms with van der Waals surface area (Å²) >= 11 is 1.39. The van der Waals surface area contributed by atoms with Crippen LogP contribution in [-0.2, 0) is 6.42 Å². The summed E-state index contributed by atoms with van der Waals surface area (Å²) in [5, 5.41) is 18.1. The van der Waals surface area contributed by atoms with E-state index in [0.717, 1.165) is 16.9 Å². The second kappa shape index (κ2) is 5.32. The monoisotopic (exact) mass is 244 g/mol. The topological polar surface area (TPSA) is 40.5 Å². The van der Waals surface area contributed by atoms with Gasteiger partial charge in [0.25, 0.3) is 0 Å². The van der Waals surface area contributed by atoms with E-state index in [-0.39, 0.29) is 0 Å². The van der Waals surface area contributed by atoms with Crippen molar-refractivity contribution >= 4 is 23.2 Å². The number of rotatable bonds is 4. The molecule has 2 rings (SSSR count). The third-order valence-electron chi connectivity index (χ3n) is 2.50. The molecule has 0 aliphatic rings. The van der Waals surface area contributed by atoms with Gasteiger partial charge in [-0.15, -0.1) is 17.9 Å². The first-order chi connectivity index (χ1) is 8.20. The predicted octanol–water partition coefficient (Wildman–Crippen LogP) is 1.82. The molecular weight excluding hydrogens is 231 g/mol. The van der Waals surface area contributed by atoms with Gasteiger partial charge >= 0.3 is 7.12 Å². The molecule has 17 heavy (non-hydrogen) atoms. The number of thiophene rings is 1. The summed E-state index contributed by atoms with van der Waals surface area (Å²) in [7, 11) is -1.38. The van der Waals surface area contributed by atoms with E-state index in [1.54, 1.807) is 6.07 Å². The molecule has 2 nitrogen and oxygen atoms in total. The minimum atomic E-state index is -1.38. The van der Waals surface area contributed by atoms with E-state index in [1.807, 2.05) is 24.3 Å². The van der Waals surface area contributed by atoms with Gasteiger partial charge in [0.15, 0.2) is 0 Å². The summed E-state index contributed by atoms with van der Waals surface area (Å²) in [4.78, 5) is 1.04. The van der Waals surface area contributed by atoms with E-state index in [9.17, 15) is 0 Å². The summed E-state index contributed by atoms with van der Waals surface area (Å²) in [6.07, 6.45) is 2.74. The van der Waals surface area contributed by atoms with Crippen molar-refractivity contribution in [2.75, 3.05) is 0 Å². The maximum atomic E-state index is 9.05. The minimum Gasteiger partial charge on any atom is -0.423 e. The Hall–Kier alpha value is -1.36. The molecule has 0 saturated heterocycles. The first-order valence-corrected chi connectivity index (χ1v) is 6.18. The molecular formula is C13H13BO2S. The van der Waals surface area contributed by atoms with Crippen LogP contribution in [0.25, 0.3) is 10.4 Å². The highest BCUT2D eigenvalue weighted by atomic mass is 32.1. The summed E-state index contributed by atoms with van der Waals surface area (Å²) < 4.78 is 0.565. The summed E-state index contributed by atoms with van der Waals surface area (Å²) in [5.74, 6) is 0. The molecule has 0 atom stereocenters. The molecule has 1 aromatic carbocycles. The Morgan fingerprint density at radius 2 is 1.82 bits per heavy atom. The van der Waals surface area contributed by atoms with Crippen LogP contribution in [0.4, 0.5) is 0 Å². The molecule has 0 aliphatic carbocycles. The average molecular weight is 244 g/mol. The lowest BCUT2D eigenvalue weighted by atomic mass is 9.90. The van der Waals surface area contributed by atoms with Crippen LogP contribution in [0.15, 0.2) is 49.1 Å². The largest absolute Gasteiger partial charge is 0.499 e. The van der Waals surface area contributed by atoms with Crippen molar-refractivity contribution in [2.24, 2.45) is 0 Å². The maximum absolute atomic E-state index is 9.05. The van der Waals surface area contributed by atoms with Crippen LogP contribution in [0.5, 0.6) is 0 Å². The lowest BCUT2D eigenvalue weighted by Gasteiger charge is -2.00. The van der Waals surface area contributed by atoms with Crippen molar-refractivity contribution in [1.82, 2.24) is 0 Å². The van der Waals surface area contributed by atoms with Crippen LogP contribution in [0.1, 0.15) is 5.56 Å². The highest BCUT2D eigenvalue weighted by Crippen LogP contribution is 2.24. The quantitative estimate of drug-likeness (QED) is 0.636. The standard InChI is InChI=1S/C13H13BO2S/c1-2-3-10-4-6-11(7-5-10)12-8-9-13(17-12)14(15)16/h2,4-9,15-16H,1,3H2. The van der Waals surface area contributed by atoms with Crippen LogP contribution in [0.2, 0.25) is 0 Å². The molecule has 2 aromatic rings. The second-order valence-corrected chi connectivity index (χ2v) is 4.88. The maximum Gasteiger partial charge on any atom is 0.499 e. The zero-order chi connectivity index (χ0) is 12.3. The molecule has 0 fully saturated rings. The number of benzene rings is 1. The third kappa shape index (κ3) is 2.85. The Morgan fingerprint density at radius 3 is 2.35 bits per heavy atom. The Bertz CT molecular complexity index is 502. The van der Waals surface area contributed by atoms with E-state index < -0.39 is 7.12 Å². The number of allylic oxidation sites excluding steroid dienone is 1. The molecule has 1 aromatic heterocycles. The highest BCUT2D eigenvalue weighted by Gasteiger charge is 2.14. The Labute approximate surface area is 105 Å². The molecule has 0 unspecified atom stereocenters. The Morgan fingerprint density at radius 1 is 1.12 bits per heavy atom. The van der Waals surface area contributed by atoms with Gasteiger partial charge in [-0.3, -0.25) is 0 Å². The lowest BCUT2D eigenvalue weighted by Crippen LogP contribution is -2.26. The van der Waals surface area contributed by atoms with Gasteiger partial charge in [-0.25, -0.2) is 0 Å². The zero-order valence-corrected chi connectivity index (χ0v) is 10.2. The fourth-order valence-electron chi connectivity index (χ4n) is 1.62. The van der Waals surface area contributed by atoms with E-state index in [4.69, 9.17) is 10.0 Å². The van der Waals surface area contributed by atoms with Crippen LogP contribution in [0, 0.1) is 0 Å². The Kier molecular flexibility index (Phi) is 3.79. The number of hydrogen-bond acceptors (Lipinski definition) is 3. The van der Waals surface area contributed by atoms with Crippen LogP contribution < -0.4 is 4.78 Å². The smallest absolute Gasteiger partial charge is 0.423 e. The van der Waals surface area contributed by atoms with Gasteiger partial charge in [0, 0.05) is 9.65 Å². The van der Waals surface area contributed by atoms with Crippen molar-refractivity contribution in [3.8, 4) is 10.4 Å². The first-order valence-electron chi connectivity index (χ1n) is 5.37. The van der Waals surface area contributed by atoms with Gasteiger partial charge in [-0.1, -0.05) is 36.4 Å². The average Bonchev–Trinajstić information content (AvgIpc) is 2.80. The van der Waals surface area contributed by atoms with Gasteiger partial charge in [-0.05, 0) is 23.6 Å². The van der Waals surface area contributed by atoms with Crippen LogP contribution in [0.3, 0.4) is 0 Å². The molecule has 0 radical (unpaired) electrons. The molecule has 0 spiro atoms. The van der Waals surface area contributed by atoms with E-state index >= 15 is 0 Å². The molecule has 0 amide bonds. The van der Waals surface area contributed by atoms with E-state index in [1.165, 1.54) is 16.9 Å². The first kappa shape index (κ1) is 12.1. The minimum absolute atomic E-state index is 0.565. The molecule has 4 heteroatoms. The van der Waals surface area contributed by atoms with E-state index in [2.05, 4.69) is 18.7 Å². The van der Waals surface area contributed by atoms with Gasteiger partial charge in [-0.2, -0.15) is 0 Å². The summed E-state index contributed by atoms with van der Waals surface area (Å²) in [6, 6.07) is 11.8. The fraction of sp³-hybridized carbons (Fsp3) is 0.0769. The molecule has 0 bridgehead atoms. The molecule has 0 saturated carbocycles. The molecule has 1 heterocycles. The Balaban J connectivity index is 2.23. The van der Waals surface area contributed by atoms with Crippen molar-refractivity contribution in [3.05, 3.63) is 54.6 Å². The van der Waals surface area contributed by atoms with Gasteiger partial charge in [0.2, 0.25) is 0 Å². The summed E-state index contributed by atoms with van der Waals surface area (Å²) in [5.41, 5.74) is 2.32. The van der Waals surface area contributed by atoms with Crippen molar-refractivity contribution in [3.63, 3.8) is 0 Å². The molecule has 2 N–H and O–H groups in total. The SMILES string of the molecule is C=CCc1ccc(-c2ccc(B(O)O)s2)cc1. The predicted molar refractivity (Wildman–Crippen MR) is 73.5 cm³/mol. The van der Waals surface area contributed by atoms with Crippen molar-refractivity contribution in [1.29, 1.82) is 0 Å². The molecule has 86 valence electrons. The lowest BCUT2D eigenvalue weighted by molar-refractivity contribution is 0.427. The van der Waals surface area contributed by atoms with Crippen molar-refractivity contribution < 1.29 is 10.0 Å². The molecule has 0 aliphatic heterocycles. The fourth-order valence-corrected chi connectivity index (χ4v) is 2.50.